The summed E-state index contributed by atoms with van der Waals surface area (Å²) in [6.45, 7) is 3.11. The third-order valence-electron chi connectivity index (χ3n) is 4.89. The number of aryl methyl sites for hydroxylation is 1. The SMILES string of the molecule is COc1nccnc1OC1CCC(NS(=O)(=O)c2ccc(NC(C)=O)cc2C)CC1. The Morgan fingerprint density at radius 2 is 1.77 bits per heavy atom. The highest BCUT2D eigenvalue weighted by Crippen LogP contribution is 2.28. The van der Waals surface area contributed by atoms with E-state index in [0.717, 1.165) is 0 Å². The number of sulfonamides is 1. The zero-order valence-electron chi connectivity index (χ0n) is 17.2. The Morgan fingerprint density at radius 3 is 2.37 bits per heavy atom. The number of carbonyl (C=O) groups is 1. The summed E-state index contributed by atoms with van der Waals surface area (Å²) in [7, 11) is -2.16. The van der Waals surface area contributed by atoms with E-state index in [1.54, 1.807) is 19.1 Å². The first-order chi connectivity index (χ1) is 14.3. The molecule has 1 amide bonds. The number of anilines is 1. The topological polar surface area (TPSA) is 120 Å². The van der Waals surface area contributed by atoms with Gasteiger partial charge in [-0.2, -0.15) is 0 Å². The van der Waals surface area contributed by atoms with Gasteiger partial charge in [0.2, 0.25) is 15.9 Å². The molecule has 1 aromatic heterocycles. The maximum Gasteiger partial charge on any atom is 0.278 e. The van der Waals surface area contributed by atoms with Crippen molar-refractivity contribution in [2.75, 3.05) is 12.4 Å². The molecule has 9 nitrogen and oxygen atoms in total. The predicted octanol–water partition coefficient (Wildman–Crippen LogP) is 2.42. The average molecular weight is 435 g/mol. The van der Waals surface area contributed by atoms with Crippen LogP contribution in [0.15, 0.2) is 35.5 Å². The van der Waals surface area contributed by atoms with Crippen LogP contribution in [0, 0.1) is 6.92 Å². The maximum absolute atomic E-state index is 12.8. The molecule has 0 saturated heterocycles. The van der Waals surface area contributed by atoms with Crippen LogP contribution in [0.1, 0.15) is 38.2 Å². The van der Waals surface area contributed by atoms with Crippen molar-refractivity contribution in [1.29, 1.82) is 0 Å². The molecule has 1 saturated carbocycles. The lowest BCUT2D eigenvalue weighted by atomic mass is 9.94. The van der Waals surface area contributed by atoms with Crippen molar-refractivity contribution in [3.63, 3.8) is 0 Å². The summed E-state index contributed by atoms with van der Waals surface area (Å²) in [5, 5.41) is 2.65. The minimum atomic E-state index is -3.67. The fraction of sp³-hybridized carbons (Fsp3) is 0.450. The van der Waals surface area contributed by atoms with E-state index < -0.39 is 10.0 Å². The Labute approximate surface area is 176 Å². The monoisotopic (exact) mass is 434 g/mol. The first kappa shape index (κ1) is 22.0. The molecule has 0 atom stereocenters. The number of ether oxygens (including phenoxy) is 2. The number of methoxy groups -OCH3 is 1. The standard InChI is InChI=1S/C20H26N4O5S/c1-13-12-16(23-14(2)25)6-9-18(13)30(26,27)24-15-4-7-17(8-5-15)29-20-19(28-3)21-10-11-22-20/h6,9-12,15,17,24H,4-5,7-8H2,1-3H3,(H,23,25). The highest BCUT2D eigenvalue weighted by atomic mass is 32.2. The Hall–Kier alpha value is -2.72. The molecular formula is C20H26N4O5S. The van der Waals surface area contributed by atoms with Crippen LogP contribution >= 0.6 is 0 Å². The van der Waals surface area contributed by atoms with Gasteiger partial charge in [-0.25, -0.2) is 23.1 Å². The molecule has 1 aliphatic rings. The smallest absolute Gasteiger partial charge is 0.278 e. The van der Waals surface area contributed by atoms with Gasteiger partial charge in [-0.05, 0) is 56.4 Å². The fourth-order valence-electron chi connectivity index (χ4n) is 3.50. The Balaban J connectivity index is 1.59. The molecule has 1 aromatic carbocycles. The molecule has 0 unspecified atom stereocenters. The van der Waals surface area contributed by atoms with Crippen LogP contribution in [0.25, 0.3) is 0 Å². The van der Waals surface area contributed by atoms with E-state index >= 15 is 0 Å². The van der Waals surface area contributed by atoms with Gasteiger partial charge in [-0.3, -0.25) is 4.79 Å². The lowest BCUT2D eigenvalue weighted by Crippen LogP contribution is -2.40. The second-order valence-corrected chi connectivity index (χ2v) is 8.93. The van der Waals surface area contributed by atoms with Gasteiger partial charge in [0.25, 0.3) is 11.8 Å². The Morgan fingerprint density at radius 1 is 1.10 bits per heavy atom. The Bertz CT molecular complexity index is 1000. The van der Waals surface area contributed by atoms with E-state index in [0.29, 0.717) is 48.7 Å². The highest BCUT2D eigenvalue weighted by Gasteiger charge is 2.28. The third-order valence-corrected chi connectivity index (χ3v) is 6.57. The number of hydrogen-bond acceptors (Lipinski definition) is 7. The van der Waals surface area contributed by atoms with E-state index in [-0.39, 0.29) is 22.9 Å². The first-order valence-corrected chi connectivity index (χ1v) is 11.2. The fourth-order valence-corrected chi connectivity index (χ4v) is 5.04. The highest BCUT2D eigenvalue weighted by molar-refractivity contribution is 7.89. The Kier molecular flexibility index (Phi) is 6.88. The van der Waals surface area contributed by atoms with Crippen molar-refractivity contribution in [3.8, 4) is 11.8 Å². The van der Waals surface area contributed by atoms with E-state index in [1.807, 2.05) is 0 Å². The second-order valence-electron chi connectivity index (χ2n) is 7.25. The first-order valence-electron chi connectivity index (χ1n) is 9.70. The molecule has 0 aliphatic heterocycles. The van der Waals surface area contributed by atoms with Crippen molar-refractivity contribution >= 4 is 21.6 Å². The molecule has 1 aliphatic carbocycles. The van der Waals surface area contributed by atoms with E-state index in [9.17, 15) is 13.2 Å². The van der Waals surface area contributed by atoms with Crippen LogP contribution in [-0.2, 0) is 14.8 Å². The van der Waals surface area contributed by atoms with Gasteiger partial charge in [0.1, 0.15) is 6.10 Å². The van der Waals surface area contributed by atoms with Gasteiger partial charge in [0.05, 0.1) is 12.0 Å². The van der Waals surface area contributed by atoms with Crippen molar-refractivity contribution in [2.24, 2.45) is 0 Å². The second kappa shape index (κ2) is 9.40. The summed E-state index contributed by atoms with van der Waals surface area (Å²) in [6.07, 6.45) is 5.67. The van der Waals surface area contributed by atoms with Gasteiger partial charge < -0.3 is 14.8 Å². The summed E-state index contributed by atoms with van der Waals surface area (Å²) in [5.41, 5.74) is 1.14. The zero-order valence-corrected chi connectivity index (χ0v) is 18.0. The van der Waals surface area contributed by atoms with Crippen LogP contribution < -0.4 is 19.5 Å². The average Bonchev–Trinajstić information content (AvgIpc) is 2.69. The van der Waals surface area contributed by atoms with E-state index in [4.69, 9.17) is 9.47 Å². The molecule has 2 N–H and O–H groups in total. The minimum Gasteiger partial charge on any atom is -0.477 e. The lowest BCUT2D eigenvalue weighted by Gasteiger charge is -2.29. The van der Waals surface area contributed by atoms with Gasteiger partial charge in [-0.1, -0.05) is 0 Å². The third kappa shape index (κ3) is 5.45. The number of benzene rings is 1. The van der Waals surface area contributed by atoms with Crippen LogP contribution in [0.2, 0.25) is 0 Å². The number of carbonyl (C=O) groups excluding carboxylic acids is 1. The van der Waals surface area contributed by atoms with Gasteiger partial charge in [-0.15, -0.1) is 0 Å². The summed E-state index contributed by atoms with van der Waals surface area (Å²) < 4.78 is 39.5. The number of rotatable bonds is 7. The summed E-state index contributed by atoms with van der Waals surface area (Å²) in [5.74, 6) is 0.471. The molecule has 2 aromatic rings. The molecule has 0 radical (unpaired) electrons. The number of nitrogens with zero attached hydrogens (tertiary/aromatic N) is 2. The summed E-state index contributed by atoms with van der Waals surface area (Å²) >= 11 is 0. The van der Waals surface area contributed by atoms with Crippen molar-refractivity contribution in [1.82, 2.24) is 14.7 Å². The summed E-state index contributed by atoms with van der Waals surface area (Å²) in [6, 6.07) is 4.57. The van der Waals surface area contributed by atoms with Crippen LogP contribution in [0.4, 0.5) is 5.69 Å². The molecule has 1 fully saturated rings. The number of amides is 1. The number of nitrogens with one attached hydrogen (secondary N) is 2. The van der Waals surface area contributed by atoms with Crippen molar-refractivity contribution in [2.45, 2.75) is 56.6 Å². The van der Waals surface area contributed by atoms with Crippen molar-refractivity contribution < 1.29 is 22.7 Å². The van der Waals surface area contributed by atoms with E-state index in [1.165, 1.54) is 32.5 Å². The van der Waals surface area contributed by atoms with Gasteiger partial charge in [0.15, 0.2) is 0 Å². The molecule has 0 spiro atoms. The van der Waals surface area contributed by atoms with Crippen molar-refractivity contribution in [3.05, 3.63) is 36.2 Å². The van der Waals surface area contributed by atoms with Gasteiger partial charge >= 0.3 is 0 Å². The largest absolute Gasteiger partial charge is 0.477 e. The number of hydrogen-bond donors (Lipinski definition) is 2. The normalized spacial score (nSPS) is 19.2. The molecule has 30 heavy (non-hydrogen) atoms. The van der Waals surface area contributed by atoms with Crippen LogP contribution in [0.5, 0.6) is 11.8 Å². The summed E-state index contributed by atoms with van der Waals surface area (Å²) in [4.78, 5) is 19.6. The van der Waals surface area contributed by atoms with E-state index in [2.05, 4.69) is 20.0 Å². The molecule has 10 heteroatoms. The molecule has 3 rings (SSSR count). The van der Waals surface area contributed by atoms with Crippen LogP contribution in [0.3, 0.4) is 0 Å². The van der Waals surface area contributed by atoms with Gasteiger partial charge in [0, 0.05) is 31.0 Å². The maximum atomic E-state index is 12.8. The quantitative estimate of drug-likeness (QED) is 0.687. The minimum absolute atomic E-state index is 0.0740. The van der Waals surface area contributed by atoms with Crippen LogP contribution in [-0.4, -0.2) is 43.5 Å². The molecule has 1 heterocycles. The molecule has 0 bridgehead atoms. The predicted molar refractivity (Wildman–Crippen MR) is 111 cm³/mol. The molecular weight excluding hydrogens is 408 g/mol. The number of aromatic nitrogens is 2. The lowest BCUT2D eigenvalue weighted by molar-refractivity contribution is -0.114. The zero-order chi connectivity index (χ0) is 21.7. The molecule has 162 valence electrons.